The van der Waals surface area contributed by atoms with E-state index in [4.69, 9.17) is 0 Å². The Morgan fingerprint density at radius 1 is 1.00 bits per heavy atom. The monoisotopic (exact) mass is 335 g/mol. The lowest BCUT2D eigenvalue weighted by molar-refractivity contribution is -0.144. The number of amides is 3. The Morgan fingerprint density at radius 2 is 1.58 bits per heavy atom. The van der Waals surface area contributed by atoms with Crippen LogP contribution in [0.3, 0.4) is 0 Å². The third-order valence-electron chi connectivity index (χ3n) is 5.46. The van der Waals surface area contributed by atoms with E-state index < -0.39 is 23.6 Å². The van der Waals surface area contributed by atoms with Crippen molar-refractivity contribution < 1.29 is 19.6 Å². The first-order chi connectivity index (χ1) is 11.6. The molecule has 3 aliphatic rings. The molecule has 0 spiro atoms. The van der Waals surface area contributed by atoms with E-state index in [0.717, 1.165) is 64.2 Å². The van der Waals surface area contributed by atoms with Crippen molar-refractivity contribution in [3.63, 3.8) is 0 Å². The second-order valence-electron chi connectivity index (χ2n) is 7.07. The number of nitrogens with zero attached hydrogens (tertiary/aromatic N) is 2. The van der Waals surface area contributed by atoms with Crippen molar-refractivity contribution in [3.05, 3.63) is 0 Å². The molecule has 7 heteroatoms. The fourth-order valence-corrected chi connectivity index (χ4v) is 4.16. The van der Waals surface area contributed by atoms with Gasteiger partial charge in [0, 0.05) is 12.1 Å². The van der Waals surface area contributed by atoms with Crippen LogP contribution in [-0.4, -0.2) is 45.6 Å². The molecular weight excluding hydrogens is 310 g/mol. The number of rotatable bonds is 3. The van der Waals surface area contributed by atoms with Crippen LogP contribution in [0.15, 0.2) is 5.16 Å². The molecule has 0 aromatic carbocycles. The summed E-state index contributed by atoms with van der Waals surface area (Å²) in [5.74, 6) is -2.95. The lowest BCUT2D eigenvalue weighted by Gasteiger charge is -2.29. The number of carbonyl (C=O) groups excluding carboxylic acids is 3. The maximum Gasteiger partial charge on any atom is 0.279 e. The van der Waals surface area contributed by atoms with E-state index in [-0.39, 0.29) is 17.8 Å². The van der Waals surface area contributed by atoms with E-state index in [1.54, 1.807) is 0 Å². The Balaban J connectivity index is 1.74. The van der Waals surface area contributed by atoms with Gasteiger partial charge in [0.2, 0.25) is 11.8 Å². The number of imide groups is 1. The average Bonchev–Trinajstić information content (AvgIpc) is 2.86. The summed E-state index contributed by atoms with van der Waals surface area (Å²) in [6.45, 7) is 0. The van der Waals surface area contributed by atoms with Gasteiger partial charge in [-0.25, -0.2) is 0 Å². The molecule has 3 fully saturated rings. The van der Waals surface area contributed by atoms with Crippen LogP contribution < -0.4 is 5.32 Å². The third-order valence-corrected chi connectivity index (χ3v) is 5.46. The van der Waals surface area contributed by atoms with Gasteiger partial charge < -0.3 is 10.5 Å². The molecule has 2 saturated carbocycles. The van der Waals surface area contributed by atoms with Crippen LogP contribution in [0.25, 0.3) is 0 Å². The second kappa shape index (κ2) is 7.32. The first-order valence-electron chi connectivity index (χ1n) is 9.03. The van der Waals surface area contributed by atoms with E-state index in [1.807, 2.05) is 0 Å². The van der Waals surface area contributed by atoms with Crippen LogP contribution >= 0.6 is 0 Å². The minimum Gasteiger partial charge on any atom is -0.410 e. The normalized spacial score (nSPS) is 28.6. The number of oxime groups is 1. The summed E-state index contributed by atoms with van der Waals surface area (Å²) < 4.78 is 0. The van der Waals surface area contributed by atoms with Crippen molar-refractivity contribution in [2.24, 2.45) is 11.1 Å². The number of nitrogens with one attached hydrogen (secondary N) is 1. The predicted octanol–water partition coefficient (Wildman–Crippen LogP) is 1.58. The summed E-state index contributed by atoms with van der Waals surface area (Å²) in [4.78, 5) is 38.9. The van der Waals surface area contributed by atoms with Crippen LogP contribution in [-0.2, 0) is 14.4 Å². The maximum absolute atomic E-state index is 12.7. The van der Waals surface area contributed by atoms with Crippen molar-refractivity contribution in [2.45, 2.75) is 76.3 Å². The minimum atomic E-state index is -1.30. The Bertz CT molecular complexity index is 548. The van der Waals surface area contributed by atoms with Gasteiger partial charge in [-0.3, -0.25) is 19.3 Å². The molecule has 2 aliphatic carbocycles. The van der Waals surface area contributed by atoms with Crippen molar-refractivity contribution in [1.29, 1.82) is 0 Å². The van der Waals surface area contributed by atoms with Gasteiger partial charge in [-0.2, -0.15) is 0 Å². The van der Waals surface area contributed by atoms with Crippen molar-refractivity contribution in [1.82, 2.24) is 10.2 Å². The summed E-state index contributed by atoms with van der Waals surface area (Å²) in [7, 11) is 0. The van der Waals surface area contributed by atoms with Crippen LogP contribution in [0.5, 0.6) is 0 Å². The molecule has 24 heavy (non-hydrogen) atoms. The molecule has 3 amide bonds. The van der Waals surface area contributed by atoms with Gasteiger partial charge in [0.05, 0.1) is 0 Å². The van der Waals surface area contributed by atoms with Crippen LogP contribution in [0.1, 0.15) is 64.2 Å². The van der Waals surface area contributed by atoms with Crippen molar-refractivity contribution in [3.8, 4) is 0 Å². The largest absolute Gasteiger partial charge is 0.410 e. The first kappa shape index (κ1) is 16.9. The zero-order valence-electron chi connectivity index (χ0n) is 13.9. The highest BCUT2D eigenvalue weighted by atomic mass is 16.4. The van der Waals surface area contributed by atoms with E-state index >= 15 is 0 Å². The molecule has 1 heterocycles. The third kappa shape index (κ3) is 3.16. The van der Waals surface area contributed by atoms with E-state index in [0.29, 0.717) is 0 Å². The number of hydrogen-bond acceptors (Lipinski definition) is 5. The van der Waals surface area contributed by atoms with Crippen LogP contribution in [0.4, 0.5) is 0 Å². The quantitative estimate of drug-likeness (QED) is 0.354. The van der Waals surface area contributed by atoms with E-state index in [2.05, 4.69) is 10.5 Å². The lowest BCUT2D eigenvalue weighted by Crippen LogP contribution is -2.45. The number of likely N-dealkylation sites (tertiary alicyclic amines) is 1. The Morgan fingerprint density at radius 3 is 2.17 bits per heavy atom. The smallest absolute Gasteiger partial charge is 0.279 e. The predicted molar refractivity (Wildman–Crippen MR) is 86.5 cm³/mol. The molecule has 0 unspecified atom stereocenters. The fourth-order valence-electron chi connectivity index (χ4n) is 4.16. The summed E-state index contributed by atoms with van der Waals surface area (Å²) >= 11 is 0. The maximum atomic E-state index is 12.7. The topological polar surface area (TPSA) is 99.1 Å². The molecule has 1 aliphatic heterocycles. The van der Waals surface area contributed by atoms with Crippen LogP contribution in [0.2, 0.25) is 0 Å². The highest BCUT2D eigenvalue weighted by Gasteiger charge is 2.52. The summed E-state index contributed by atoms with van der Waals surface area (Å²) in [5.41, 5.74) is -0.334. The Hall–Kier alpha value is -1.92. The SMILES string of the molecule is O=C(NC1CCCCC1)[C@H]1C(=O)N(C2CCCCC2)C(=O)/C1=N/O. The molecule has 0 radical (unpaired) electrons. The minimum absolute atomic E-state index is 0.0397. The first-order valence-corrected chi connectivity index (χ1v) is 9.03. The van der Waals surface area contributed by atoms with Gasteiger partial charge >= 0.3 is 0 Å². The molecular formula is C17H25N3O4. The van der Waals surface area contributed by atoms with Gasteiger partial charge in [-0.15, -0.1) is 0 Å². The molecule has 7 nitrogen and oxygen atoms in total. The van der Waals surface area contributed by atoms with Gasteiger partial charge in [0.1, 0.15) is 0 Å². The van der Waals surface area contributed by atoms with Gasteiger partial charge in [-0.1, -0.05) is 43.7 Å². The van der Waals surface area contributed by atoms with Gasteiger partial charge in [0.15, 0.2) is 11.6 Å². The number of carbonyl (C=O) groups is 3. The zero-order valence-corrected chi connectivity index (χ0v) is 13.9. The van der Waals surface area contributed by atoms with Gasteiger partial charge in [0.25, 0.3) is 5.91 Å². The summed E-state index contributed by atoms with van der Waals surface area (Å²) in [5, 5.41) is 15.1. The standard InChI is InChI=1S/C17H25N3O4/c21-15(18-11-7-3-1-4-8-11)13-14(19-24)17(23)20(16(13)22)12-9-5-2-6-10-12/h11-13,24H,1-10H2,(H,18,21)/b19-14+/t13-/m0/s1. The lowest BCUT2D eigenvalue weighted by atomic mass is 9.94. The van der Waals surface area contributed by atoms with Gasteiger partial charge in [-0.05, 0) is 25.7 Å². The molecule has 2 N–H and O–H groups in total. The Kier molecular flexibility index (Phi) is 5.16. The molecule has 0 bridgehead atoms. The summed E-state index contributed by atoms with van der Waals surface area (Å²) in [6, 6.07) is -0.138. The van der Waals surface area contributed by atoms with E-state index in [9.17, 15) is 19.6 Å². The molecule has 132 valence electrons. The van der Waals surface area contributed by atoms with Crippen molar-refractivity contribution in [2.75, 3.05) is 0 Å². The molecule has 3 rings (SSSR count). The number of hydrogen-bond donors (Lipinski definition) is 2. The van der Waals surface area contributed by atoms with Crippen molar-refractivity contribution >= 4 is 23.4 Å². The zero-order chi connectivity index (χ0) is 17.1. The van der Waals surface area contributed by atoms with E-state index in [1.165, 1.54) is 4.90 Å². The average molecular weight is 335 g/mol. The molecule has 0 aromatic rings. The summed E-state index contributed by atoms with van der Waals surface area (Å²) in [6.07, 6.45) is 9.58. The highest BCUT2D eigenvalue weighted by molar-refractivity contribution is 6.54. The molecule has 0 aromatic heterocycles. The molecule has 1 atom stereocenters. The second-order valence-corrected chi connectivity index (χ2v) is 7.07. The highest BCUT2D eigenvalue weighted by Crippen LogP contribution is 2.29. The Labute approximate surface area is 141 Å². The molecule has 1 saturated heterocycles. The fraction of sp³-hybridized carbons (Fsp3) is 0.765. The van der Waals surface area contributed by atoms with Crippen LogP contribution in [0, 0.1) is 5.92 Å².